The molecule has 2 aliphatic rings. The lowest BCUT2D eigenvalue weighted by molar-refractivity contribution is -0.169. The summed E-state index contributed by atoms with van der Waals surface area (Å²) in [6, 6.07) is -0.725. The summed E-state index contributed by atoms with van der Waals surface area (Å²) < 4.78 is 24.2. The van der Waals surface area contributed by atoms with Crippen LogP contribution in [0.15, 0.2) is 18.9 Å². The summed E-state index contributed by atoms with van der Waals surface area (Å²) in [5.74, 6) is -1.86. The maximum absolute atomic E-state index is 13.6. The minimum absolute atomic E-state index is 0.153. The molecule has 0 spiro atoms. The van der Waals surface area contributed by atoms with Crippen LogP contribution in [0.1, 0.15) is 67.2 Å². The first kappa shape index (κ1) is 37.5. The highest BCUT2D eigenvalue weighted by atomic mass is 32.1. The first-order valence-electron chi connectivity index (χ1n) is 16.8. The lowest BCUT2D eigenvalue weighted by Crippen LogP contribution is -2.61. The van der Waals surface area contributed by atoms with Gasteiger partial charge in [-0.3, -0.25) is 19.2 Å². The van der Waals surface area contributed by atoms with Gasteiger partial charge in [-0.15, -0.1) is 11.7 Å². The topological polar surface area (TPSA) is 177 Å². The SMILES string of the molecule is B[C@@H]1[C@@H](C)C(=O)[C@@H](C)C(=O)O[C@H](CC=C)[C@@]2(C)OC(=O)N(CCCCn3cc(-c4nsc(N)n4)nn3)[C@@H]2[C@@H](C)NC[C@H](C)C[C@@]1(C)OC. The van der Waals surface area contributed by atoms with Crippen LogP contribution >= 0.6 is 11.5 Å². The smallest absolute Gasteiger partial charge is 0.410 e. The van der Waals surface area contributed by atoms with Crippen LogP contribution in [0.3, 0.4) is 0 Å². The highest BCUT2D eigenvalue weighted by molar-refractivity contribution is 7.09. The molecular weight excluding hydrogens is 635 g/mol. The Hall–Kier alpha value is -3.37. The molecule has 0 saturated carbocycles. The van der Waals surface area contributed by atoms with Gasteiger partial charge in [0.15, 0.2) is 22.3 Å². The van der Waals surface area contributed by atoms with Gasteiger partial charge < -0.3 is 25.3 Å². The van der Waals surface area contributed by atoms with Crippen molar-refractivity contribution >= 4 is 42.4 Å². The number of fused-ring (bicyclic) bond motifs is 1. The van der Waals surface area contributed by atoms with Crippen molar-refractivity contribution < 1.29 is 28.6 Å². The predicted molar refractivity (Wildman–Crippen MR) is 185 cm³/mol. The standard InChI is InChI=1S/C32H51BN8O6S/c1-9-12-23-32(7)26(41(30(44)47-32)14-11-10-13-40-17-22(37-39-40)27-36-29(34)48-38-27)21(5)35-16-18(2)15-31(6,45-8)25(33)19(3)24(42)20(4)28(43)46-23/h9,17-21,23,25-26,35H,1,10-16,33H2,2-8H3,(H2,34,36,38)/t18-,19+,20-,21-,23-,25-,26-,31-,32-/m1/s1. The number of carbonyl (C=O) groups excluding carboxylic acids is 3. The van der Waals surface area contributed by atoms with E-state index in [2.05, 4.69) is 38.5 Å². The molecule has 2 aliphatic heterocycles. The molecule has 0 aliphatic carbocycles. The molecule has 16 heteroatoms. The van der Waals surface area contributed by atoms with Gasteiger partial charge in [-0.1, -0.05) is 25.1 Å². The van der Waals surface area contributed by atoms with E-state index in [0.717, 1.165) is 11.5 Å². The van der Waals surface area contributed by atoms with Gasteiger partial charge in [-0.2, -0.15) is 9.36 Å². The fourth-order valence-electron chi connectivity index (χ4n) is 7.18. The zero-order valence-electron chi connectivity index (χ0n) is 29.5. The van der Waals surface area contributed by atoms with Crippen molar-refractivity contribution in [3.63, 3.8) is 0 Å². The molecule has 4 heterocycles. The van der Waals surface area contributed by atoms with Gasteiger partial charge in [0.1, 0.15) is 25.7 Å². The summed E-state index contributed by atoms with van der Waals surface area (Å²) in [5, 5.41) is 12.4. The number of anilines is 1. The number of aromatic nitrogens is 5. The van der Waals surface area contributed by atoms with E-state index in [1.54, 1.807) is 35.9 Å². The molecule has 3 N–H and O–H groups in total. The Bertz CT molecular complexity index is 1460. The van der Waals surface area contributed by atoms with Crippen molar-refractivity contribution in [2.24, 2.45) is 17.8 Å². The molecule has 14 nitrogen and oxygen atoms in total. The second-order valence-electron chi connectivity index (χ2n) is 13.9. The number of nitrogen functional groups attached to an aromatic ring is 1. The Morgan fingerprint density at radius 3 is 2.56 bits per heavy atom. The lowest BCUT2D eigenvalue weighted by Gasteiger charge is -2.41. The van der Waals surface area contributed by atoms with Crippen LogP contribution in [0.5, 0.6) is 0 Å². The molecule has 2 saturated heterocycles. The molecular formula is C32H51BN8O6S. The summed E-state index contributed by atoms with van der Waals surface area (Å²) in [4.78, 5) is 46.7. The van der Waals surface area contributed by atoms with E-state index in [4.69, 9.17) is 19.9 Å². The average molecular weight is 687 g/mol. The molecule has 2 aromatic rings. The number of nitrogens with one attached hydrogen (secondary N) is 1. The number of esters is 1. The largest absolute Gasteiger partial charge is 0.457 e. The Kier molecular flexibility index (Phi) is 12.1. The lowest BCUT2D eigenvalue weighted by atomic mass is 9.62. The van der Waals surface area contributed by atoms with Crippen LogP contribution in [-0.2, 0) is 30.3 Å². The van der Waals surface area contributed by atoms with E-state index in [1.807, 2.05) is 35.5 Å². The number of nitrogens with two attached hydrogens (primary N) is 1. The number of amides is 1. The van der Waals surface area contributed by atoms with E-state index in [-0.39, 0.29) is 30.0 Å². The van der Waals surface area contributed by atoms with E-state index in [0.29, 0.717) is 55.5 Å². The number of rotatable bonds is 9. The van der Waals surface area contributed by atoms with Crippen LogP contribution in [-0.4, -0.2) is 105 Å². The zero-order valence-corrected chi connectivity index (χ0v) is 30.3. The van der Waals surface area contributed by atoms with Crippen LogP contribution in [0.4, 0.5) is 9.93 Å². The number of nitrogens with zero attached hydrogens (tertiary/aromatic N) is 6. The molecule has 9 atom stereocenters. The van der Waals surface area contributed by atoms with Gasteiger partial charge in [0.2, 0.25) is 0 Å². The molecule has 0 aromatic carbocycles. The number of Topliss-reactive ketones (excluding diaryl/α,β-unsaturated/α-hetero) is 1. The number of hydrogen-bond acceptors (Lipinski definition) is 13. The third kappa shape index (κ3) is 7.91. The maximum Gasteiger partial charge on any atom is 0.410 e. The molecule has 264 valence electrons. The highest BCUT2D eigenvalue weighted by Crippen LogP contribution is 2.40. The van der Waals surface area contributed by atoms with Gasteiger partial charge in [0, 0.05) is 50.1 Å². The molecule has 0 unspecified atom stereocenters. The van der Waals surface area contributed by atoms with E-state index < -0.39 is 47.2 Å². The number of ether oxygens (including phenoxy) is 3. The average Bonchev–Trinajstić information content (AvgIpc) is 3.77. The monoisotopic (exact) mass is 686 g/mol. The Morgan fingerprint density at radius 2 is 1.92 bits per heavy atom. The number of methoxy groups -OCH3 is 1. The molecule has 4 rings (SSSR count). The molecule has 0 bridgehead atoms. The van der Waals surface area contributed by atoms with E-state index in [1.165, 1.54) is 0 Å². The fourth-order valence-corrected chi connectivity index (χ4v) is 7.63. The molecule has 2 aromatic heterocycles. The van der Waals surface area contributed by atoms with Gasteiger partial charge in [-0.05, 0) is 65.2 Å². The Balaban J connectivity index is 1.57. The third-order valence-corrected chi connectivity index (χ3v) is 11.0. The first-order chi connectivity index (χ1) is 22.6. The van der Waals surface area contributed by atoms with Crippen LogP contribution in [0.2, 0.25) is 5.82 Å². The van der Waals surface area contributed by atoms with Gasteiger partial charge in [0.05, 0.1) is 17.8 Å². The van der Waals surface area contributed by atoms with Crippen molar-refractivity contribution in [2.45, 2.75) is 109 Å². The second kappa shape index (κ2) is 15.5. The first-order valence-corrected chi connectivity index (χ1v) is 17.5. The van der Waals surface area contributed by atoms with Gasteiger partial charge in [0.25, 0.3) is 0 Å². The number of unbranched alkanes of at least 4 members (excludes halogenated alkanes) is 1. The third-order valence-electron chi connectivity index (χ3n) is 10.4. The summed E-state index contributed by atoms with van der Waals surface area (Å²) >= 11 is 1.10. The number of hydrogen-bond donors (Lipinski definition) is 2. The Morgan fingerprint density at radius 1 is 1.21 bits per heavy atom. The molecule has 1 amide bonds. The van der Waals surface area contributed by atoms with Crippen molar-refractivity contribution in [1.29, 1.82) is 0 Å². The van der Waals surface area contributed by atoms with E-state index in [9.17, 15) is 14.4 Å². The summed E-state index contributed by atoms with van der Waals surface area (Å²) in [5.41, 5.74) is 4.42. The van der Waals surface area contributed by atoms with Gasteiger partial charge in [-0.25, -0.2) is 4.79 Å². The predicted octanol–water partition coefficient (Wildman–Crippen LogP) is 2.91. The molecule has 2 fully saturated rings. The maximum atomic E-state index is 13.6. The summed E-state index contributed by atoms with van der Waals surface area (Å²) in [7, 11) is 3.67. The summed E-state index contributed by atoms with van der Waals surface area (Å²) in [6.45, 7) is 16.9. The van der Waals surface area contributed by atoms with Gasteiger partial charge >= 0.3 is 12.1 Å². The summed E-state index contributed by atoms with van der Waals surface area (Å²) in [6.07, 6.45) is 4.37. The Labute approximate surface area is 288 Å². The van der Waals surface area contributed by atoms with Crippen molar-refractivity contribution in [1.82, 2.24) is 34.6 Å². The molecule has 0 radical (unpaired) electrons. The molecule has 48 heavy (non-hydrogen) atoms. The van der Waals surface area contributed by atoms with E-state index >= 15 is 0 Å². The minimum atomic E-state index is -1.22. The van der Waals surface area contributed by atoms with Crippen molar-refractivity contribution in [2.75, 3.05) is 25.9 Å². The number of cyclic esters (lactones) is 1. The minimum Gasteiger partial charge on any atom is -0.457 e. The number of carbonyl (C=O) groups is 3. The van der Waals surface area contributed by atoms with Crippen molar-refractivity contribution in [3.05, 3.63) is 18.9 Å². The van der Waals surface area contributed by atoms with Crippen molar-refractivity contribution in [3.8, 4) is 11.5 Å². The highest BCUT2D eigenvalue weighted by Gasteiger charge is 2.58. The van der Waals surface area contributed by atoms with Crippen LogP contribution in [0, 0.1) is 17.8 Å². The number of aryl methyl sites for hydroxylation is 1. The number of ketones is 1. The van der Waals surface area contributed by atoms with Crippen LogP contribution in [0.25, 0.3) is 11.5 Å². The normalized spacial score (nSPS) is 33.8. The van der Waals surface area contributed by atoms with Crippen LogP contribution < -0.4 is 11.1 Å². The fraction of sp³-hybridized carbons (Fsp3) is 0.719. The second-order valence-corrected chi connectivity index (χ2v) is 14.7. The zero-order chi connectivity index (χ0) is 35.4. The quantitative estimate of drug-likeness (QED) is 0.130.